The van der Waals surface area contributed by atoms with Crippen molar-refractivity contribution in [1.82, 2.24) is 10.3 Å². The van der Waals surface area contributed by atoms with Crippen LogP contribution in [0.2, 0.25) is 10.0 Å². The Balaban J connectivity index is 2.35. The molecule has 0 fully saturated rings. The molecule has 11 heteroatoms. The second kappa shape index (κ2) is 6.56. The molecule has 2 aromatic rings. The van der Waals surface area contributed by atoms with E-state index in [2.05, 4.69) is 20.6 Å². The van der Waals surface area contributed by atoms with Crippen LogP contribution in [-0.4, -0.2) is 10.9 Å². The van der Waals surface area contributed by atoms with Crippen molar-refractivity contribution in [2.75, 3.05) is 16.8 Å². The fraction of sp³-hybridized carbons (Fsp3) is 0.0667. The van der Waals surface area contributed by atoms with Gasteiger partial charge in [0.1, 0.15) is 35.1 Å². The number of aromatic nitrogens is 1. The van der Waals surface area contributed by atoms with Gasteiger partial charge in [-0.1, -0.05) is 23.2 Å². The van der Waals surface area contributed by atoms with Crippen LogP contribution in [0, 0.1) is 28.6 Å². The van der Waals surface area contributed by atoms with Gasteiger partial charge in [-0.25, -0.2) is 14.4 Å². The van der Waals surface area contributed by atoms with Gasteiger partial charge >= 0.3 is 0 Å². The Morgan fingerprint density at radius 2 is 1.96 bits per heavy atom. The minimum absolute atomic E-state index is 0.00338. The second-order valence-corrected chi connectivity index (χ2v) is 5.94. The molecule has 0 saturated heterocycles. The van der Waals surface area contributed by atoms with Crippen molar-refractivity contribution in [2.24, 2.45) is 4.99 Å². The van der Waals surface area contributed by atoms with E-state index >= 15 is 0 Å². The van der Waals surface area contributed by atoms with Crippen LogP contribution in [0.1, 0.15) is 22.7 Å². The van der Waals surface area contributed by atoms with E-state index in [1.807, 2.05) is 6.07 Å². The number of nitrogens with one attached hydrogen (secondary N) is 2. The van der Waals surface area contributed by atoms with Gasteiger partial charge in [-0.15, -0.1) is 0 Å². The summed E-state index contributed by atoms with van der Waals surface area (Å²) in [5, 5.41) is 23.1. The smallest absolute Gasteiger partial charge is 0.211 e. The molecule has 1 aromatic heterocycles. The highest BCUT2D eigenvalue weighted by molar-refractivity contribution is 6.36. The zero-order valence-electron chi connectivity index (χ0n) is 12.8. The maximum atomic E-state index is 14.0. The fourth-order valence-electron chi connectivity index (χ4n) is 2.58. The summed E-state index contributed by atoms with van der Waals surface area (Å²) in [7, 11) is 0. The number of guanidine groups is 1. The van der Waals surface area contributed by atoms with E-state index in [0.717, 1.165) is 6.07 Å². The van der Waals surface area contributed by atoms with E-state index in [4.69, 9.17) is 39.9 Å². The Labute approximate surface area is 156 Å². The van der Waals surface area contributed by atoms with Crippen molar-refractivity contribution in [3.8, 4) is 12.3 Å². The topological polar surface area (TPSA) is 149 Å². The first-order valence-electron chi connectivity index (χ1n) is 7.01. The lowest BCUT2D eigenvalue weighted by atomic mass is 9.95. The van der Waals surface area contributed by atoms with Crippen LogP contribution in [-0.2, 0) is 0 Å². The molecule has 1 atom stereocenters. The number of hydrogen-bond donors (Lipinski definition) is 4. The van der Waals surface area contributed by atoms with Gasteiger partial charge in [-0.2, -0.15) is 10.5 Å². The van der Waals surface area contributed by atoms with E-state index in [1.54, 1.807) is 6.19 Å². The molecule has 0 amide bonds. The maximum Gasteiger partial charge on any atom is 0.211 e. The van der Waals surface area contributed by atoms with Crippen molar-refractivity contribution < 1.29 is 4.39 Å². The van der Waals surface area contributed by atoms with Gasteiger partial charge in [0.15, 0.2) is 6.19 Å². The van der Waals surface area contributed by atoms with Crippen molar-refractivity contribution in [3.63, 3.8) is 0 Å². The molecule has 0 aliphatic carbocycles. The van der Waals surface area contributed by atoms with E-state index < -0.39 is 11.9 Å². The van der Waals surface area contributed by atoms with Gasteiger partial charge in [0, 0.05) is 16.1 Å². The highest BCUT2D eigenvalue weighted by Crippen LogP contribution is 2.45. The van der Waals surface area contributed by atoms with E-state index in [9.17, 15) is 9.65 Å². The summed E-state index contributed by atoms with van der Waals surface area (Å²) in [6, 6.07) is 3.28. The number of benzene rings is 1. The molecule has 0 saturated carbocycles. The van der Waals surface area contributed by atoms with E-state index in [1.165, 1.54) is 6.07 Å². The minimum Gasteiger partial charge on any atom is -0.397 e. The SMILES string of the molecule is N#CNC1=NC(c2c(Cl)ccc(F)c2Cl)c2c(nc(N)c(C#N)c2N)N1. The van der Waals surface area contributed by atoms with Crippen LogP contribution in [0.25, 0.3) is 0 Å². The highest BCUT2D eigenvalue weighted by Gasteiger charge is 2.32. The Kier molecular flexibility index (Phi) is 4.43. The number of hydrogen-bond acceptors (Lipinski definition) is 8. The van der Waals surface area contributed by atoms with Crippen molar-refractivity contribution in [1.29, 1.82) is 10.5 Å². The van der Waals surface area contributed by atoms with Crippen LogP contribution >= 0.6 is 23.2 Å². The highest BCUT2D eigenvalue weighted by atomic mass is 35.5. The van der Waals surface area contributed by atoms with Crippen LogP contribution < -0.4 is 22.1 Å². The summed E-state index contributed by atoms with van der Waals surface area (Å²) in [5.41, 5.74) is 12.2. The third-order valence-electron chi connectivity index (χ3n) is 3.71. The molecule has 1 unspecified atom stereocenters. The zero-order valence-corrected chi connectivity index (χ0v) is 14.3. The normalized spacial score (nSPS) is 15.1. The van der Waals surface area contributed by atoms with Crippen LogP contribution in [0.3, 0.4) is 0 Å². The van der Waals surface area contributed by atoms with Gasteiger partial charge < -0.3 is 16.8 Å². The van der Waals surface area contributed by atoms with E-state index in [-0.39, 0.29) is 50.0 Å². The van der Waals surface area contributed by atoms with Crippen molar-refractivity contribution in [2.45, 2.75) is 6.04 Å². The molecule has 1 aliphatic heterocycles. The number of pyridine rings is 1. The van der Waals surface area contributed by atoms with Crippen LogP contribution in [0.4, 0.5) is 21.7 Å². The van der Waals surface area contributed by atoms with Gasteiger partial charge in [0.25, 0.3) is 0 Å². The molecule has 26 heavy (non-hydrogen) atoms. The summed E-state index contributed by atoms with van der Waals surface area (Å²) in [6.07, 6.45) is 1.71. The van der Waals surface area contributed by atoms with Gasteiger partial charge in [-0.05, 0) is 12.1 Å². The average Bonchev–Trinajstić information content (AvgIpc) is 2.58. The minimum atomic E-state index is -1.02. The lowest BCUT2D eigenvalue weighted by Gasteiger charge is -2.27. The molecular weight excluding hydrogens is 382 g/mol. The number of fused-ring (bicyclic) bond motifs is 1. The molecule has 0 radical (unpaired) electrons. The Hall–Kier alpha value is -3.27. The fourth-order valence-corrected chi connectivity index (χ4v) is 3.16. The number of rotatable bonds is 1. The molecule has 1 aliphatic rings. The molecule has 3 rings (SSSR count). The van der Waals surface area contributed by atoms with Crippen LogP contribution in [0.5, 0.6) is 0 Å². The zero-order chi connectivity index (χ0) is 19.0. The molecule has 8 nitrogen and oxygen atoms in total. The summed E-state index contributed by atoms with van der Waals surface area (Å²) < 4.78 is 14.0. The maximum absolute atomic E-state index is 14.0. The number of nitrogens with zero attached hydrogens (tertiary/aromatic N) is 4. The molecule has 1 aromatic carbocycles. The second-order valence-electron chi connectivity index (χ2n) is 5.16. The summed E-state index contributed by atoms with van der Waals surface area (Å²) in [5.74, 6) is -0.659. The average molecular weight is 391 g/mol. The molecule has 0 bridgehead atoms. The van der Waals surface area contributed by atoms with Crippen LogP contribution in [0.15, 0.2) is 17.1 Å². The summed E-state index contributed by atoms with van der Waals surface area (Å²) >= 11 is 12.3. The number of nitriles is 2. The number of anilines is 3. The first-order valence-corrected chi connectivity index (χ1v) is 7.76. The quantitative estimate of drug-likeness (QED) is 0.331. The predicted octanol–water partition coefficient (Wildman–Crippen LogP) is 2.51. The van der Waals surface area contributed by atoms with Crippen molar-refractivity contribution in [3.05, 3.63) is 44.7 Å². The first-order chi connectivity index (χ1) is 12.4. The molecule has 6 N–H and O–H groups in total. The van der Waals surface area contributed by atoms with Gasteiger partial charge in [0.05, 0.1) is 10.7 Å². The monoisotopic (exact) mass is 390 g/mol. The molecule has 2 heterocycles. The third-order valence-corrected chi connectivity index (χ3v) is 4.42. The van der Waals surface area contributed by atoms with Gasteiger partial charge in [-0.3, -0.25) is 5.32 Å². The largest absolute Gasteiger partial charge is 0.397 e. The van der Waals surface area contributed by atoms with E-state index in [0.29, 0.717) is 0 Å². The first kappa shape index (κ1) is 17.5. The lowest BCUT2D eigenvalue weighted by molar-refractivity contribution is 0.624. The number of aliphatic imine (C=N–C) groups is 1. The van der Waals surface area contributed by atoms with Crippen molar-refractivity contribution >= 4 is 46.5 Å². The summed E-state index contributed by atoms with van der Waals surface area (Å²) in [6.45, 7) is 0. The number of nitrogens with two attached hydrogens (primary N) is 2. The summed E-state index contributed by atoms with van der Waals surface area (Å²) in [4.78, 5) is 8.37. The Morgan fingerprint density at radius 3 is 2.62 bits per heavy atom. The third kappa shape index (κ3) is 2.69. The standard InChI is InChI=1S/C15H9Cl2FN8/c16-6-1-2-7(18)10(17)8(6)12-9-11(21)5(3-19)13(22)25-14(9)26-15(24-12)23-4-20/h1-2,12H,(H6,21,22,23,24,25,26). The Morgan fingerprint density at radius 1 is 1.23 bits per heavy atom. The predicted molar refractivity (Wildman–Crippen MR) is 95.8 cm³/mol. The Bertz CT molecular complexity index is 1040. The lowest BCUT2D eigenvalue weighted by Crippen LogP contribution is -2.33. The molecule has 130 valence electrons. The molecule has 0 spiro atoms. The molecular formula is C15H9Cl2FN8. The number of nitrogen functional groups attached to an aromatic ring is 2. The number of halogens is 3. The van der Waals surface area contributed by atoms with Gasteiger partial charge in [0.2, 0.25) is 5.96 Å².